The van der Waals surface area contributed by atoms with Gasteiger partial charge in [0, 0.05) is 19.3 Å². The second-order valence-corrected chi connectivity index (χ2v) is 17.1. The van der Waals surface area contributed by atoms with Gasteiger partial charge in [0.05, 0.1) is 0 Å². The molecule has 0 aromatic carbocycles. The maximum atomic E-state index is 12.8. The highest BCUT2D eigenvalue weighted by molar-refractivity contribution is 5.71. The topological polar surface area (TPSA) is 78.9 Å². The summed E-state index contributed by atoms with van der Waals surface area (Å²) in [5.74, 6) is -0.985. The van der Waals surface area contributed by atoms with Gasteiger partial charge in [0.2, 0.25) is 0 Å². The molecule has 0 aliphatic heterocycles. The minimum atomic E-state index is -0.804. The molecule has 0 spiro atoms. The Balaban J connectivity index is 4.42. The first-order valence-electron chi connectivity index (χ1n) is 25.8. The number of esters is 3. The van der Waals surface area contributed by atoms with Crippen LogP contribution in [0.25, 0.3) is 0 Å². The van der Waals surface area contributed by atoms with Crippen molar-refractivity contribution < 1.29 is 28.6 Å². The Morgan fingerprint density at radius 2 is 0.738 bits per heavy atom. The molecule has 0 aliphatic rings. The first-order chi connectivity index (χ1) is 30.0. The van der Waals surface area contributed by atoms with Crippen LogP contribution in [0, 0.1) is 0 Å². The van der Waals surface area contributed by atoms with E-state index < -0.39 is 6.10 Å². The fraction of sp³-hybridized carbons (Fsp3) is 0.764. The Morgan fingerprint density at radius 1 is 0.361 bits per heavy atom. The summed E-state index contributed by atoms with van der Waals surface area (Å²) in [5.41, 5.74) is 0. The third kappa shape index (κ3) is 48.0. The Morgan fingerprint density at radius 3 is 1.21 bits per heavy atom. The van der Waals surface area contributed by atoms with Crippen molar-refractivity contribution in [3.63, 3.8) is 0 Å². The molecule has 0 N–H and O–H groups in total. The molecular formula is C55H96O6. The van der Waals surface area contributed by atoms with Gasteiger partial charge in [0.1, 0.15) is 13.2 Å². The molecule has 0 amide bonds. The lowest BCUT2D eigenvalue weighted by Gasteiger charge is -2.18. The van der Waals surface area contributed by atoms with Gasteiger partial charge >= 0.3 is 17.9 Å². The number of rotatable bonds is 46. The van der Waals surface area contributed by atoms with Gasteiger partial charge in [-0.3, -0.25) is 14.4 Å². The zero-order valence-electron chi connectivity index (χ0n) is 40.2. The van der Waals surface area contributed by atoms with Gasteiger partial charge in [0.25, 0.3) is 0 Å². The summed E-state index contributed by atoms with van der Waals surface area (Å²) in [4.78, 5) is 37.9. The molecule has 0 rings (SSSR count). The molecule has 0 aromatic rings. The van der Waals surface area contributed by atoms with Gasteiger partial charge in [-0.15, -0.1) is 0 Å². The number of ether oxygens (including phenoxy) is 3. The predicted molar refractivity (Wildman–Crippen MR) is 261 cm³/mol. The average Bonchev–Trinajstić information content (AvgIpc) is 3.26. The second-order valence-electron chi connectivity index (χ2n) is 17.1. The van der Waals surface area contributed by atoms with Crippen LogP contribution in [0.3, 0.4) is 0 Å². The molecule has 0 aliphatic carbocycles. The maximum Gasteiger partial charge on any atom is 0.306 e. The molecule has 0 heterocycles. The van der Waals surface area contributed by atoms with Crippen LogP contribution in [0.4, 0.5) is 0 Å². The number of hydrogen-bond donors (Lipinski definition) is 0. The normalized spacial score (nSPS) is 12.5. The van der Waals surface area contributed by atoms with E-state index in [1.807, 2.05) is 6.08 Å². The van der Waals surface area contributed by atoms with Crippen LogP contribution < -0.4 is 0 Å². The van der Waals surface area contributed by atoms with Crippen LogP contribution in [-0.2, 0) is 28.6 Å². The Hall–Kier alpha value is -2.89. The van der Waals surface area contributed by atoms with E-state index >= 15 is 0 Å². The van der Waals surface area contributed by atoms with Gasteiger partial charge in [-0.25, -0.2) is 0 Å². The minimum Gasteiger partial charge on any atom is -0.462 e. The molecule has 6 nitrogen and oxygen atoms in total. The van der Waals surface area contributed by atoms with Gasteiger partial charge in [-0.2, -0.15) is 0 Å². The summed E-state index contributed by atoms with van der Waals surface area (Å²) in [6.45, 7) is 6.44. The van der Waals surface area contributed by atoms with Crippen molar-refractivity contribution in [3.8, 4) is 0 Å². The predicted octanol–water partition coefficient (Wildman–Crippen LogP) is 16.9. The average molecular weight is 853 g/mol. The van der Waals surface area contributed by atoms with Gasteiger partial charge in [-0.1, -0.05) is 236 Å². The molecule has 1 unspecified atom stereocenters. The fourth-order valence-corrected chi connectivity index (χ4v) is 7.20. The van der Waals surface area contributed by atoms with Crippen molar-refractivity contribution in [2.24, 2.45) is 0 Å². The molecule has 0 radical (unpaired) electrons. The minimum absolute atomic E-state index is 0.0978. The van der Waals surface area contributed by atoms with Gasteiger partial charge in [0.15, 0.2) is 6.10 Å². The van der Waals surface area contributed by atoms with Crippen molar-refractivity contribution in [1.29, 1.82) is 0 Å². The van der Waals surface area contributed by atoms with Gasteiger partial charge < -0.3 is 14.2 Å². The van der Waals surface area contributed by atoms with Crippen LogP contribution in [0.2, 0.25) is 0 Å². The smallest absolute Gasteiger partial charge is 0.306 e. The summed E-state index contributed by atoms with van der Waals surface area (Å²) in [5, 5.41) is 0. The summed E-state index contributed by atoms with van der Waals surface area (Å²) in [6, 6.07) is 0. The van der Waals surface area contributed by atoms with E-state index in [9.17, 15) is 14.4 Å². The Kier molecular flexibility index (Phi) is 47.4. The highest BCUT2D eigenvalue weighted by atomic mass is 16.6. The van der Waals surface area contributed by atoms with Crippen LogP contribution in [0.1, 0.15) is 252 Å². The maximum absolute atomic E-state index is 12.8. The largest absolute Gasteiger partial charge is 0.462 e. The van der Waals surface area contributed by atoms with Crippen molar-refractivity contribution in [2.45, 2.75) is 258 Å². The summed E-state index contributed by atoms with van der Waals surface area (Å²) in [7, 11) is 0. The summed E-state index contributed by atoms with van der Waals surface area (Å²) in [6.07, 6.45) is 60.8. The van der Waals surface area contributed by atoms with E-state index in [2.05, 4.69) is 75.5 Å². The molecule has 0 fully saturated rings. The molecule has 61 heavy (non-hydrogen) atoms. The van der Waals surface area contributed by atoms with Crippen molar-refractivity contribution in [2.75, 3.05) is 13.2 Å². The molecule has 0 saturated carbocycles. The van der Waals surface area contributed by atoms with Crippen molar-refractivity contribution in [1.82, 2.24) is 0 Å². The van der Waals surface area contributed by atoms with E-state index in [1.165, 1.54) is 128 Å². The second kappa shape index (κ2) is 49.8. The van der Waals surface area contributed by atoms with Crippen LogP contribution in [0.15, 0.2) is 60.8 Å². The lowest BCUT2D eigenvalue weighted by molar-refractivity contribution is -0.166. The third-order valence-electron chi connectivity index (χ3n) is 11.1. The SMILES string of the molecule is CC\C=C/C=C\C=C/CCCCCCCC(=O)OC(COC(=O)CC/C=C\C/C=C\CCCCCCCC)COC(=O)CCCCCCCCCCCCCCCCCCC. The summed E-state index contributed by atoms with van der Waals surface area (Å²) >= 11 is 0. The quantitative estimate of drug-likeness (QED) is 0.0200. The standard InChI is InChI=1S/C55H96O6/c1-4-7-10-13-16-19-22-25-26-27-28-31-33-36-39-42-45-48-54(57)60-51-52(61-55(58)49-46-43-40-37-34-30-24-21-18-15-12-9-6-3)50-59-53(56)47-44-41-38-35-32-29-23-20-17-14-11-8-5-2/h9,12,15,18,21,24,29,32,38,41,52H,4-8,10-11,13-14,16-17,19-20,22-23,25-28,30-31,33-37,39-40,42-51H2,1-3H3/b12-9-,18-15-,24-21-,32-29-,41-38-. The number of allylic oxidation sites excluding steroid dienone is 10. The van der Waals surface area contributed by atoms with E-state index in [-0.39, 0.29) is 37.5 Å². The Labute approximate surface area is 377 Å². The molecule has 0 saturated heterocycles. The van der Waals surface area contributed by atoms with Crippen LogP contribution in [0.5, 0.6) is 0 Å². The summed E-state index contributed by atoms with van der Waals surface area (Å²) < 4.78 is 16.7. The molecule has 6 heteroatoms. The molecule has 1 atom stereocenters. The molecule has 0 aromatic heterocycles. The zero-order chi connectivity index (χ0) is 44.4. The Bertz CT molecular complexity index is 1120. The molecule has 352 valence electrons. The lowest BCUT2D eigenvalue weighted by atomic mass is 10.0. The van der Waals surface area contributed by atoms with Crippen molar-refractivity contribution in [3.05, 3.63) is 60.8 Å². The number of hydrogen-bond acceptors (Lipinski definition) is 6. The van der Waals surface area contributed by atoms with E-state index in [1.54, 1.807) is 0 Å². The van der Waals surface area contributed by atoms with E-state index in [4.69, 9.17) is 14.2 Å². The monoisotopic (exact) mass is 853 g/mol. The third-order valence-corrected chi connectivity index (χ3v) is 11.1. The fourth-order valence-electron chi connectivity index (χ4n) is 7.20. The van der Waals surface area contributed by atoms with Crippen LogP contribution in [-0.4, -0.2) is 37.2 Å². The molecular weight excluding hydrogens is 757 g/mol. The van der Waals surface area contributed by atoms with Crippen LogP contribution >= 0.6 is 0 Å². The van der Waals surface area contributed by atoms with Crippen molar-refractivity contribution >= 4 is 17.9 Å². The van der Waals surface area contributed by atoms with Gasteiger partial charge in [-0.05, 0) is 57.8 Å². The van der Waals surface area contributed by atoms with E-state index in [0.717, 1.165) is 77.0 Å². The highest BCUT2D eigenvalue weighted by Gasteiger charge is 2.19. The zero-order valence-corrected chi connectivity index (χ0v) is 40.2. The number of carbonyl (C=O) groups excluding carboxylic acids is 3. The highest BCUT2D eigenvalue weighted by Crippen LogP contribution is 2.15. The lowest BCUT2D eigenvalue weighted by Crippen LogP contribution is -2.30. The van der Waals surface area contributed by atoms with E-state index in [0.29, 0.717) is 19.3 Å². The number of carbonyl (C=O) groups is 3. The number of unbranched alkanes of at least 4 members (excludes halogenated alkanes) is 27. The first-order valence-corrected chi connectivity index (χ1v) is 25.8. The molecule has 0 bridgehead atoms. The first kappa shape index (κ1) is 58.1.